The second-order valence-corrected chi connectivity index (χ2v) is 4.30. The van der Waals surface area contributed by atoms with Crippen LogP contribution in [0.3, 0.4) is 0 Å². The zero-order valence-electron chi connectivity index (χ0n) is 10.1. The van der Waals surface area contributed by atoms with Crippen molar-refractivity contribution in [2.24, 2.45) is 0 Å². The maximum Gasteiger partial charge on any atom is 0.211 e. The van der Waals surface area contributed by atoms with Crippen molar-refractivity contribution in [3.8, 4) is 5.75 Å². The predicted octanol–water partition coefficient (Wildman–Crippen LogP) is 2.67. The molecule has 0 atom stereocenters. The highest BCUT2D eigenvalue weighted by molar-refractivity contribution is 5.79. The molecule has 3 nitrogen and oxygen atoms in total. The summed E-state index contributed by atoms with van der Waals surface area (Å²) in [5.74, 6) is 0.976. The molecule has 1 radical (unpaired) electrons. The Kier molecular flexibility index (Phi) is 2.62. The van der Waals surface area contributed by atoms with Gasteiger partial charge in [0.15, 0.2) is 0 Å². The van der Waals surface area contributed by atoms with Crippen LogP contribution in [0.4, 0.5) is 5.69 Å². The fourth-order valence-corrected chi connectivity index (χ4v) is 2.27. The van der Waals surface area contributed by atoms with Crippen LogP contribution >= 0.6 is 0 Å². The van der Waals surface area contributed by atoms with E-state index in [0.29, 0.717) is 0 Å². The van der Waals surface area contributed by atoms with Gasteiger partial charge in [-0.1, -0.05) is 0 Å². The summed E-state index contributed by atoms with van der Waals surface area (Å²) >= 11 is 0. The lowest BCUT2D eigenvalue weighted by Crippen LogP contribution is -2.03. The van der Waals surface area contributed by atoms with Gasteiger partial charge in [-0.3, -0.25) is 4.79 Å². The first kappa shape index (κ1) is 11.0. The zero-order valence-corrected chi connectivity index (χ0v) is 10.1. The molecule has 16 heavy (non-hydrogen) atoms. The molecule has 1 N–H and O–H groups in total. The number of ether oxygens (including phenoxy) is 1. The van der Waals surface area contributed by atoms with Gasteiger partial charge in [0.05, 0.1) is 0 Å². The van der Waals surface area contributed by atoms with Gasteiger partial charge in [-0.15, -0.1) is 0 Å². The molecular formula is C13H16NO2. The molecule has 0 fully saturated rings. The van der Waals surface area contributed by atoms with Crippen LogP contribution in [0.25, 0.3) is 0 Å². The number of amides is 1. The van der Waals surface area contributed by atoms with Gasteiger partial charge >= 0.3 is 0 Å². The first-order valence-corrected chi connectivity index (χ1v) is 5.39. The summed E-state index contributed by atoms with van der Waals surface area (Å²) in [6, 6.07) is 0. The Bertz CT molecular complexity index is 452. The third kappa shape index (κ3) is 1.47. The molecule has 85 valence electrons. The number of anilines is 1. The number of nitrogens with one attached hydrogen (secondary N) is 1. The van der Waals surface area contributed by atoms with Crippen molar-refractivity contribution >= 4 is 12.1 Å². The summed E-state index contributed by atoms with van der Waals surface area (Å²) in [5.41, 5.74) is 5.43. The molecule has 1 aromatic carbocycles. The maximum absolute atomic E-state index is 10.6. The molecule has 1 aromatic rings. The quantitative estimate of drug-likeness (QED) is 0.775. The number of hydrogen-bond acceptors (Lipinski definition) is 2. The van der Waals surface area contributed by atoms with E-state index in [2.05, 4.69) is 5.32 Å². The van der Waals surface area contributed by atoms with Gasteiger partial charge in [0, 0.05) is 17.7 Å². The van der Waals surface area contributed by atoms with Gasteiger partial charge in [-0.25, -0.2) is 0 Å². The van der Waals surface area contributed by atoms with E-state index in [-0.39, 0.29) is 0 Å². The fraction of sp³-hybridized carbons (Fsp3) is 0.385. The van der Waals surface area contributed by atoms with E-state index >= 15 is 0 Å². The lowest BCUT2D eigenvalue weighted by Gasteiger charge is -2.16. The van der Waals surface area contributed by atoms with Crippen molar-refractivity contribution < 1.29 is 9.53 Å². The van der Waals surface area contributed by atoms with E-state index in [0.717, 1.165) is 47.1 Å². The van der Waals surface area contributed by atoms with Gasteiger partial charge in [0.2, 0.25) is 6.41 Å². The SMILES string of the molecule is C[C]1Cc2c(C)c(NC=O)c(C)c(C)c2O1. The van der Waals surface area contributed by atoms with Crippen molar-refractivity contribution in [3.05, 3.63) is 28.4 Å². The van der Waals surface area contributed by atoms with Crippen molar-refractivity contribution in [2.45, 2.75) is 34.1 Å². The number of benzene rings is 1. The van der Waals surface area contributed by atoms with Crippen LogP contribution < -0.4 is 10.1 Å². The van der Waals surface area contributed by atoms with E-state index in [1.165, 1.54) is 5.56 Å². The number of rotatable bonds is 2. The van der Waals surface area contributed by atoms with Crippen molar-refractivity contribution in [1.82, 2.24) is 0 Å². The second-order valence-electron chi connectivity index (χ2n) is 4.30. The van der Waals surface area contributed by atoms with Gasteiger partial charge in [-0.2, -0.15) is 0 Å². The minimum Gasteiger partial charge on any atom is -0.482 e. The summed E-state index contributed by atoms with van der Waals surface area (Å²) in [7, 11) is 0. The van der Waals surface area contributed by atoms with E-state index in [1.807, 2.05) is 27.7 Å². The minimum atomic E-state index is 0.730. The van der Waals surface area contributed by atoms with Crippen molar-refractivity contribution in [1.29, 1.82) is 0 Å². The molecule has 1 heterocycles. The lowest BCUT2D eigenvalue weighted by molar-refractivity contribution is -0.105. The summed E-state index contributed by atoms with van der Waals surface area (Å²) in [5, 5.41) is 2.78. The second kappa shape index (κ2) is 3.81. The number of carbonyl (C=O) groups excluding carboxylic acids is 1. The van der Waals surface area contributed by atoms with Crippen molar-refractivity contribution in [3.63, 3.8) is 0 Å². The Balaban J connectivity index is 2.64. The molecule has 1 aliphatic rings. The molecule has 0 saturated heterocycles. The Hall–Kier alpha value is -1.51. The van der Waals surface area contributed by atoms with Crippen LogP contribution in [0.15, 0.2) is 0 Å². The molecule has 2 rings (SSSR count). The highest BCUT2D eigenvalue weighted by Gasteiger charge is 2.27. The molecular weight excluding hydrogens is 202 g/mol. The number of fused-ring (bicyclic) bond motifs is 1. The summed E-state index contributed by atoms with van der Waals surface area (Å²) in [4.78, 5) is 10.6. The van der Waals surface area contributed by atoms with Gasteiger partial charge in [0.1, 0.15) is 11.9 Å². The first-order chi connectivity index (χ1) is 7.56. The predicted molar refractivity (Wildman–Crippen MR) is 63.6 cm³/mol. The highest BCUT2D eigenvalue weighted by Crippen LogP contribution is 2.42. The average molecular weight is 218 g/mol. The third-order valence-electron chi connectivity index (χ3n) is 3.29. The van der Waals surface area contributed by atoms with Gasteiger partial charge < -0.3 is 10.1 Å². The lowest BCUT2D eigenvalue weighted by atomic mass is 9.95. The van der Waals surface area contributed by atoms with Crippen LogP contribution in [0.2, 0.25) is 0 Å². The number of hydrogen-bond donors (Lipinski definition) is 1. The summed E-state index contributed by atoms with van der Waals surface area (Å²) in [6.45, 7) is 8.05. The molecule has 1 amide bonds. The Morgan fingerprint density at radius 3 is 2.44 bits per heavy atom. The maximum atomic E-state index is 10.6. The summed E-state index contributed by atoms with van der Waals surface area (Å²) in [6.07, 6.45) is 2.59. The molecule has 1 aliphatic heterocycles. The fourth-order valence-electron chi connectivity index (χ4n) is 2.27. The van der Waals surface area contributed by atoms with E-state index < -0.39 is 0 Å². The van der Waals surface area contributed by atoms with Gasteiger partial charge in [0.25, 0.3) is 0 Å². The highest BCUT2D eigenvalue weighted by atomic mass is 16.5. The standard InChI is InChI=1S/C13H16NO2/c1-7-5-11-10(4)12(14-6-15)8(2)9(3)13(11)16-7/h6H,5H2,1-4H3,(H,14,15). The van der Waals surface area contributed by atoms with Gasteiger partial charge in [-0.05, 0) is 44.4 Å². The van der Waals surface area contributed by atoms with Crippen LogP contribution in [-0.4, -0.2) is 6.41 Å². The van der Waals surface area contributed by atoms with E-state index in [4.69, 9.17) is 4.74 Å². The topological polar surface area (TPSA) is 38.3 Å². The van der Waals surface area contributed by atoms with Crippen LogP contribution in [-0.2, 0) is 11.2 Å². The average Bonchev–Trinajstić information content (AvgIpc) is 2.64. The van der Waals surface area contributed by atoms with E-state index in [1.54, 1.807) is 0 Å². The Morgan fingerprint density at radius 2 is 1.81 bits per heavy atom. The van der Waals surface area contributed by atoms with Crippen LogP contribution in [0.1, 0.15) is 29.2 Å². The third-order valence-corrected chi connectivity index (χ3v) is 3.29. The molecule has 0 aliphatic carbocycles. The molecule has 0 spiro atoms. The first-order valence-electron chi connectivity index (χ1n) is 5.39. The smallest absolute Gasteiger partial charge is 0.211 e. The van der Waals surface area contributed by atoms with E-state index in [9.17, 15) is 4.79 Å². The monoisotopic (exact) mass is 218 g/mol. The molecule has 0 bridgehead atoms. The number of carbonyl (C=O) groups is 1. The molecule has 0 unspecified atom stereocenters. The zero-order chi connectivity index (χ0) is 11.9. The van der Waals surface area contributed by atoms with Crippen LogP contribution in [0.5, 0.6) is 5.75 Å². The minimum absolute atomic E-state index is 0.730. The Labute approximate surface area is 95.8 Å². The summed E-state index contributed by atoms with van der Waals surface area (Å²) < 4.78 is 5.73. The van der Waals surface area contributed by atoms with Crippen LogP contribution in [0, 0.1) is 26.9 Å². The normalized spacial score (nSPS) is 14.5. The Morgan fingerprint density at radius 1 is 1.12 bits per heavy atom. The molecule has 0 saturated carbocycles. The largest absolute Gasteiger partial charge is 0.482 e. The van der Waals surface area contributed by atoms with Crippen molar-refractivity contribution in [2.75, 3.05) is 5.32 Å². The molecule has 3 heteroatoms. The molecule has 0 aromatic heterocycles.